The molecule has 1 aromatic heterocycles. The fourth-order valence-electron chi connectivity index (χ4n) is 2.48. The SMILES string of the molecule is Cc1ccc2c(n1)CCCC2NC1CC1. The van der Waals surface area contributed by atoms with E-state index in [1.807, 2.05) is 0 Å². The number of fused-ring (bicyclic) bond motifs is 1. The van der Waals surface area contributed by atoms with Crippen LogP contribution < -0.4 is 5.32 Å². The summed E-state index contributed by atoms with van der Waals surface area (Å²) in [6, 6.07) is 5.79. The molecule has 0 spiro atoms. The van der Waals surface area contributed by atoms with E-state index in [2.05, 4.69) is 29.4 Å². The van der Waals surface area contributed by atoms with Gasteiger partial charge in [0.05, 0.1) is 0 Å². The van der Waals surface area contributed by atoms with Crippen LogP contribution >= 0.6 is 0 Å². The summed E-state index contributed by atoms with van der Waals surface area (Å²) < 4.78 is 0. The Kier molecular flexibility index (Phi) is 2.24. The maximum absolute atomic E-state index is 4.65. The average Bonchev–Trinajstić information content (AvgIpc) is 3.01. The molecule has 1 heterocycles. The molecule has 2 nitrogen and oxygen atoms in total. The van der Waals surface area contributed by atoms with Crippen LogP contribution in [0.1, 0.15) is 48.7 Å². The molecule has 15 heavy (non-hydrogen) atoms. The predicted octanol–water partition coefficient (Wildman–Crippen LogP) is 2.52. The molecule has 0 aromatic carbocycles. The van der Waals surface area contributed by atoms with Gasteiger partial charge in [-0.15, -0.1) is 0 Å². The van der Waals surface area contributed by atoms with Crippen LogP contribution in [-0.4, -0.2) is 11.0 Å². The number of pyridine rings is 1. The van der Waals surface area contributed by atoms with E-state index in [4.69, 9.17) is 0 Å². The number of nitrogens with one attached hydrogen (secondary N) is 1. The summed E-state index contributed by atoms with van der Waals surface area (Å²) in [5.41, 5.74) is 3.94. The lowest BCUT2D eigenvalue weighted by molar-refractivity contribution is 0.452. The van der Waals surface area contributed by atoms with Crippen LogP contribution in [0.4, 0.5) is 0 Å². The Morgan fingerprint density at radius 2 is 2.13 bits per heavy atom. The summed E-state index contributed by atoms with van der Waals surface area (Å²) in [5.74, 6) is 0. The Hall–Kier alpha value is -0.890. The molecule has 1 fully saturated rings. The summed E-state index contributed by atoms with van der Waals surface area (Å²) in [4.78, 5) is 4.65. The van der Waals surface area contributed by atoms with E-state index in [1.165, 1.54) is 43.4 Å². The van der Waals surface area contributed by atoms with Gasteiger partial charge in [0.2, 0.25) is 0 Å². The standard InChI is InChI=1S/C13H18N2/c1-9-5-8-11-12(14-9)3-2-4-13(11)15-10-6-7-10/h5,8,10,13,15H,2-4,6-7H2,1H3. The van der Waals surface area contributed by atoms with Crippen molar-refractivity contribution in [3.8, 4) is 0 Å². The first-order valence-electron chi connectivity index (χ1n) is 6.05. The quantitative estimate of drug-likeness (QED) is 0.797. The Labute approximate surface area is 91.1 Å². The number of rotatable bonds is 2. The van der Waals surface area contributed by atoms with Crippen molar-refractivity contribution in [2.45, 2.75) is 51.1 Å². The molecule has 1 aromatic rings. The fourth-order valence-corrected chi connectivity index (χ4v) is 2.48. The predicted molar refractivity (Wildman–Crippen MR) is 60.8 cm³/mol. The van der Waals surface area contributed by atoms with E-state index in [-0.39, 0.29) is 0 Å². The molecule has 0 saturated heterocycles. The van der Waals surface area contributed by atoms with Gasteiger partial charge in [0.25, 0.3) is 0 Å². The molecule has 0 aliphatic heterocycles. The third-order valence-electron chi connectivity index (χ3n) is 3.44. The van der Waals surface area contributed by atoms with Gasteiger partial charge in [0, 0.05) is 23.5 Å². The van der Waals surface area contributed by atoms with Gasteiger partial charge in [-0.25, -0.2) is 0 Å². The van der Waals surface area contributed by atoms with Gasteiger partial charge in [0.15, 0.2) is 0 Å². The van der Waals surface area contributed by atoms with Crippen LogP contribution in [0.5, 0.6) is 0 Å². The summed E-state index contributed by atoms with van der Waals surface area (Å²) in [6.45, 7) is 2.08. The number of nitrogens with zero attached hydrogens (tertiary/aromatic N) is 1. The summed E-state index contributed by atoms with van der Waals surface area (Å²) in [7, 11) is 0. The van der Waals surface area contributed by atoms with Crippen LogP contribution in [0.3, 0.4) is 0 Å². The van der Waals surface area contributed by atoms with Crippen molar-refractivity contribution in [3.05, 3.63) is 29.1 Å². The highest BCUT2D eigenvalue weighted by Gasteiger charge is 2.28. The fraction of sp³-hybridized carbons (Fsp3) is 0.615. The highest BCUT2D eigenvalue weighted by molar-refractivity contribution is 5.28. The van der Waals surface area contributed by atoms with E-state index >= 15 is 0 Å². The molecule has 2 aliphatic carbocycles. The van der Waals surface area contributed by atoms with Crippen molar-refractivity contribution in [2.24, 2.45) is 0 Å². The molecule has 80 valence electrons. The second kappa shape index (κ2) is 3.60. The van der Waals surface area contributed by atoms with Crippen LogP contribution in [0.2, 0.25) is 0 Å². The van der Waals surface area contributed by atoms with E-state index in [9.17, 15) is 0 Å². The van der Waals surface area contributed by atoms with Crippen molar-refractivity contribution in [3.63, 3.8) is 0 Å². The van der Waals surface area contributed by atoms with Crippen LogP contribution in [0, 0.1) is 6.92 Å². The molecular formula is C13H18N2. The monoisotopic (exact) mass is 202 g/mol. The Bertz CT molecular complexity index is 369. The zero-order chi connectivity index (χ0) is 10.3. The van der Waals surface area contributed by atoms with Crippen molar-refractivity contribution in [2.75, 3.05) is 0 Å². The van der Waals surface area contributed by atoms with Gasteiger partial charge in [-0.1, -0.05) is 6.07 Å². The Morgan fingerprint density at radius 3 is 2.93 bits per heavy atom. The summed E-state index contributed by atoms with van der Waals surface area (Å²) in [5, 5.41) is 3.73. The van der Waals surface area contributed by atoms with Crippen molar-refractivity contribution in [1.29, 1.82) is 0 Å². The van der Waals surface area contributed by atoms with Gasteiger partial charge in [-0.3, -0.25) is 4.98 Å². The van der Waals surface area contributed by atoms with Crippen LogP contribution in [0.15, 0.2) is 12.1 Å². The van der Waals surface area contributed by atoms with E-state index < -0.39 is 0 Å². The minimum Gasteiger partial charge on any atom is -0.307 e. The van der Waals surface area contributed by atoms with E-state index in [0.29, 0.717) is 6.04 Å². The zero-order valence-corrected chi connectivity index (χ0v) is 9.29. The molecule has 1 unspecified atom stereocenters. The average molecular weight is 202 g/mol. The summed E-state index contributed by atoms with van der Waals surface area (Å²) >= 11 is 0. The van der Waals surface area contributed by atoms with Crippen molar-refractivity contribution >= 4 is 0 Å². The van der Waals surface area contributed by atoms with Gasteiger partial charge in [-0.05, 0) is 50.7 Å². The minimum absolute atomic E-state index is 0.578. The molecule has 1 N–H and O–H groups in total. The Morgan fingerprint density at radius 1 is 1.27 bits per heavy atom. The summed E-state index contributed by atoms with van der Waals surface area (Å²) in [6.07, 6.45) is 6.47. The molecule has 0 bridgehead atoms. The molecule has 3 rings (SSSR count). The molecule has 2 heteroatoms. The second-order valence-corrected chi connectivity index (χ2v) is 4.87. The largest absolute Gasteiger partial charge is 0.307 e. The highest BCUT2D eigenvalue weighted by Crippen LogP contribution is 2.32. The van der Waals surface area contributed by atoms with Crippen molar-refractivity contribution in [1.82, 2.24) is 10.3 Å². The maximum Gasteiger partial charge on any atom is 0.0454 e. The lowest BCUT2D eigenvalue weighted by atomic mass is 9.91. The lowest BCUT2D eigenvalue weighted by Crippen LogP contribution is -2.27. The molecule has 1 saturated carbocycles. The van der Waals surface area contributed by atoms with Gasteiger partial charge >= 0.3 is 0 Å². The lowest BCUT2D eigenvalue weighted by Gasteiger charge is -2.26. The first-order valence-corrected chi connectivity index (χ1v) is 6.05. The van der Waals surface area contributed by atoms with Crippen LogP contribution in [0.25, 0.3) is 0 Å². The normalized spacial score (nSPS) is 25.0. The molecule has 0 radical (unpaired) electrons. The van der Waals surface area contributed by atoms with E-state index in [1.54, 1.807) is 0 Å². The first-order chi connectivity index (χ1) is 7.33. The number of aryl methyl sites for hydroxylation is 2. The van der Waals surface area contributed by atoms with Gasteiger partial charge in [-0.2, -0.15) is 0 Å². The van der Waals surface area contributed by atoms with Gasteiger partial charge in [0.1, 0.15) is 0 Å². The number of hydrogen-bond donors (Lipinski definition) is 1. The first kappa shape index (κ1) is 9.34. The molecule has 1 atom stereocenters. The van der Waals surface area contributed by atoms with Gasteiger partial charge < -0.3 is 5.32 Å². The smallest absolute Gasteiger partial charge is 0.0454 e. The molecule has 2 aliphatic rings. The minimum atomic E-state index is 0.578. The zero-order valence-electron chi connectivity index (χ0n) is 9.29. The van der Waals surface area contributed by atoms with Crippen LogP contribution in [-0.2, 0) is 6.42 Å². The Balaban J connectivity index is 1.87. The second-order valence-electron chi connectivity index (χ2n) is 4.87. The molecular weight excluding hydrogens is 184 g/mol. The molecule has 0 amide bonds. The number of hydrogen-bond acceptors (Lipinski definition) is 2. The topological polar surface area (TPSA) is 24.9 Å². The van der Waals surface area contributed by atoms with E-state index in [0.717, 1.165) is 11.7 Å². The maximum atomic E-state index is 4.65. The highest BCUT2D eigenvalue weighted by atomic mass is 15.0. The third kappa shape index (κ3) is 1.91. The van der Waals surface area contributed by atoms with Crippen molar-refractivity contribution < 1.29 is 0 Å². The third-order valence-corrected chi connectivity index (χ3v) is 3.44. The number of aromatic nitrogens is 1.